The van der Waals surface area contributed by atoms with Crippen LogP contribution in [0.25, 0.3) is 0 Å². The van der Waals surface area contributed by atoms with Crippen LogP contribution in [0.4, 0.5) is 20.2 Å². The monoisotopic (exact) mass is 294 g/mol. The average molecular weight is 294 g/mol. The summed E-state index contributed by atoms with van der Waals surface area (Å²) >= 11 is 1.40. The summed E-state index contributed by atoms with van der Waals surface area (Å²) in [5.74, 6) is -2.63. The second kappa shape index (κ2) is 4.86. The van der Waals surface area contributed by atoms with Crippen LogP contribution in [0.5, 0.6) is 0 Å². The van der Waals surface area contributed by atoms with Gasteiger partial charge < -0.3 is 11.1 Å². The zero-order valence-corrected chi connectivity index (χ0v) is 11.3. The van der Waals surface area contributed by atoms with Gasteiger partial charge in [-0.2, -0.15) is 0 Å². The summed E-state index contributed by atoms with van der Waals surface area (Å²) in [6, 6.07) is 3.97. The molecule has 0 bridgehead atoms. The van der Waals surface area contributed by atoms with E-state index < -0.39 is 17.5 Å². The number of aryl methyl sites for hydroxylation is 2. The van der Waals surface area contributed by atoms with E-state index in [4.69, 9.17) is 5.73 Å². The van der Waals surface area contributed by atoms with E-state index in [2.05, 4.69) is 5.32 Å². The number of carbonyl (C=O) groups is 1. The summed E-state index contributed by atoms with van der Waals surface area (Å²) in [6.45, 7) is 0. The van der Waals surface area contributed by atoms with Crippen LogP contribution < -0.4 is 11.1 Å². The van der Waals surface area contributed by atoms with Crippen LogP contribution in [-0.2, 0) is 12.8 Å². The Kier molecular flexibility index (Phi) is 3.17. The van der Waals surface area contributed by atoms with Crippen molar-refractivity contribution in [3.63, 3.8) is 0 Å². The smallest absolute Gasteiger partial charge is 0.265 e. The first-order chi connectivity index (χ1) is 9.56. The molecule has 0 radical (unpaired) electrons. The van der Waals surface area contributed by atoms with Crippen LogP contribution >= 0.6 is 11.3 Å². The predicted molar refractivity (Wildman–Crippen MR) is 75.1 cm³/mol. The van der Waals surface area contributed by atoms with Crippen LogP contribution in [0, 0.1) is 11.6 Å². The van der Waals surface area contributed by atoms with E-state index >= 15 is 0 Å². The van der Waals surface area contributed by atoms with Gasteiger partial charge >= 0.3 is 0 Å². The van der Waals surface area contributed by atoms with Crippen LogP contribution in [0.2, 0.25) is 0 Å². The van der Waals surface area contributed by atoms with Gasteiger partial charge in [0.05, 0.1) is 10.6 Å². The molecule has 1 amide bonds. The Hall–Kier alpha value is -1.95. The summed E-state index contributed by atoms with van der Waals surface area (Å²) in [5, 5.41) is 2.36. The van der Waals surface area contributed by atoms with E-state index in [1.165, 1.54) is 27.8 Å². The molecule has 2 aromatic rings. The molecule has 1 aliphatic rings. The Balaban J connectivity index is 1.87. The average Bonchev–Trinajstić information content (AvgIpc) is 3.00. The van der Waals surface area contributed by atoms with Gasteiger partial charge in [0.2, 0.25) is 0 Å². The molecule has 104 valence electrons. The number of nitrogen functional groups attached to an aromatic ring is 1. The number of hydrogen-bond donors (Lipinski definition) is 2. The van der Waals surface area contributed by atoms with Crippen molar-refractivity contribution in [2.45, 2.75) is 19.3 Å². The number of carbonyl (C=O) groups excluding carboxylic acids is 1. The zero-order valence-electron chi connectivity index (χ0n) is 10.5. The van der Waals surface area contributed by atoms with Crippen LogP contribution in [0.3, 0.4) is 0 Å². The number of halogens is 2. The van der Waals surface area contributed by atoms with E-state index in [1.807, 2.05) is 6.07 Å². The lowest BCUT2D eigenvalue weighted by Gasteiger charge is -2.08. The first-order valence-corrected chi connectivity index (χ1v) is 7.04. The molecular weight excluding hydrogens is 282 g/mol. The first kappa shape index (κ1) is 13.1. The molecule has 1 aromatic heterocycles. The number of amides is 1. The Morgan fingerprint density at radius 1 is 1.30 bits per heavy atom. The molecule has 1 aromatic carbocycles. The van der Waals surface area contributed by atoms with Crippen molar-refractivity contribution in [1.29, 1.82) is 0 Å². The number of hydrogen-bond acceptors (Lipinski definition) is 3. The fraction of sp³-hybridized carbons (Fsp3) is 0.214. The van der Waals surface area contributed by atoms with Crippen molar-refractivity contribution in [2.75, 3.05) is 11.1 Å². The largest absolute Gasteiger partial charge is 0.397 e. The van der Waals surface area contributed by atoms with E-state index in [-0.39, 0.29) is 11.4 Å². The Bertz CT molecular complexity index is 675. The molecular formula is C14H12F2N2OS. The van der Waals surface area contributed by atoms with Gasteiger partial charge in [0.25, 0.3) is 5.91 Å². The normalized spacial score (nSPS) is 13.3. The SMILES string of the molecule is Nc1ccc(F)c(F)c1NC(=O)c1cc2c(s1)CCC2. The summed E-state index contributed by atoms with van der Waals surface area (Å²) in [7, 11) is 0. The minimum Gasteiger partial charge on any atom is -0.397 e. The van der Waals surface area contributed by atoms with Crippen molar-refractivity contribution in [3.8, 4) is 0 Å². The fourth-order valence-corrected chi connectivity index (χ4v) is 3.46. The second-order valence-corrected chi connectivity index (χ2v) is 5.83. The van der Waals surface area contributed by atoms with E-state index in [0.29, 0.717) is 4.88 Å². The molecule has 20 heavy (non-hydrogen) atoms. The van der Waals surface area contributed by atoms with Gasteiger partial charge in [-0.05, 0) is 43.0 Å². The van der Waals surface area contributed by atoms with Crippen molar-refractivity contribution >= 4 is 28.6 Å². The zero-order chi connectivity index (χ0) is 14.3. The van der Waals surface area contributed by atoms with Crippen molar-refractivity contribution in [3.05, 3.63) is 45.2 Å². The van der Waals surface area contributed by atoms with Gasteiger partial charge in [-0.15, -0.1) is 11.3 Å². The highest BCUT2D eigenvalue weighted by atomic mass is 32.1. The quantitative estimate of drug-likeness (QED) is 0.835. The predicted octanol–water partition coefficient (Wildman–Crippen LogP) is 3.35. The Morgan fingerprint density at radius 2 is 2.10 bits per heavy atom. The lowest BCUT2D eigenvalue weighted by molar-refractivity contribution is 0.103. The molecule has 0 spiro atoms. The summed E-state index contributed by atoms with van der Waals surface area (Å²) < 4.78 is 26.8. The highest BCUT2D eigenvalue weighted by Gasteiger charge is 2.20. The van der Waals surface area contributed by atoms with Crippen LogP contribution in [0.15, 0.2) is 18.2 Å². The summed E-state index contributed by atoms with van der Waals surface area (Å²) in [6.07, 6.45) is 3.05. The van der Waals surface area contributed by atoms with Crippen LogP contribution in [-0.4, -0.2) is 5.91 Å². The van der Waals surface area contributed by atoms with Gasteiger partial charge in [0.1, 0.15) is 5.69 Å². The number of rotatable bonds is 2. The number of thiophene rings is 1. The maximum absolute atomic E-state index is 13.6. The van der Waals surface area contributed by atoms with Gasteiger partial charge in [-0.3, -0.25) is 4.79 Å². The second-order valence-electron chi connectivity index (χ2n) is 4.69. The molecule has 0 atom stereocenters. The molecule has 3 nitrogen and oxygen atoms in total. The molecule has 1 heterocycles. The Morgan fingerprint density at radius 3 is 2.85 bits per heavy atom. The highest BCUT2D eigenvalue weighted by molar-refractivity contribution is 7.14. The van der Waals surface area contributed by atoms with Gasteiger partial charge in [0, 0.05) is 4.88 Å². The third-order valence-electron chi connectivity index (χ3n) is 3.34. The first-order valence-electron chi connectivity index (χ1n) is 6.22. The number of fused-ring (bicyclic) bond motifs is 1. The van der Waals surface area contributed by atoms with Crippen molar-refractivity contribution in [1.82, 2.24) is 0 Å². The standard InChI is InChI=1S/C14H12F2N2OS/c15-8-4-5-9(17)13(12(8)16)18-14(19)11-6-7-2-1-3-10(7)20-11/h4-6H,1-3,17H2,(H,18,19). The number of anilines is 2. The number of nitrogens with one attached hydrogen (secondary N) is 1. The molecule has 3 rings (SSSR count). The minimum absolute atomic E-state index is 0.00125. The van der Waals surface area contributed by atoms with Crippen LogP contribution in [0.1, 0.15) is 26.5 Å². The Labute approximate surface area is 118 Å². The topological polar surface area (TPSA) is 55.1 Å². The maximum atomic E-state index is 13.6. The third-order valence-corrected chi connectivity index (χ3v) is 4.57. The molecule has 0 aliphatic heterocycles. The summed E-state index contributed by atoms with van der Waals surface area (Å²) in [5.41, 5.74) is 6.44. The number of nitrogens with two attached hydrogens (primary N) is 1. The molecule has 0 saturated heterocycles. The highest BCUT2D eigenvalue weighted by Crippen LogP contribution is 2.32. The summed E-state index contributed by atoms with van der Waals surface area (Å²) in [4.78, 5) is 13.8. The van der Waals surface area contributed by atoms with E-state index in [1.54, 1.807) is 0 Å². The van der Waals surface area contributed by atoms with E-state index in [0.717, 1.165) is 25.3 Å². The van der Waals surface area contributed by atoms with Gasteiger partial charge in [-0.25, -0.2) is 8.78 Å². The van der Waals surface area contributed by atoms with Crippen molar-refractivity contribution in [2.24, 2.45) is 0 Å². The number of benzene rings is 1. The molecule has 1 aliphatic carbocycles. The third kappa shape index (κ3) is 2.16. The molecule has 0 fully saturated rings. The van der Waals surface area contributed by atoms with Gasteiger partial charge in [0.15, 0.2) is 11.6 Å². The van der Waals surface area contributed by atoms with Crippen molar-refractivity contribution < 1.29 is 13.6 Å². The van der Waals surface area contributed by atoms with E-state index in [9.17, 15) is 13.6 Å². The maximum Gasteiger partial charge on any atom is 0.265 e. The molecule has 3 N–H and O–H groups in total. The fourth-order valence-electron chi connectivity index (χ4n) is 2.31. The molecule has 6 heteroatoms. The molecule has 0 saturated carbocycles. The van der Waals surface area contributed by atoms with Gasteiger partial charge in [-0.1, -0.05) is 0 Å². The lowest BCUT2D eigenvalue weighted by atomic mass is 10.2. The molecule has 0 unspecified atom stereocenters. The lowest BCUT2D eigenvalue weighted by Crippen LogP contribution is -2.14. The minimum atomic E-state index is -1.14.